The van der Waals surface area contributed by atoms with Crippen molar-refractivity contribution in [2.75, 3.05) is 13.6 Å². The Balaban J connectivity index is 1.69. The number of Topliss-reactive ketones (excluding diaryl/α,β-unsaturated/α-hetero) is 1. The molecule has 1 saturated heterocycles. The molecule has 2 fully saturated rings. The number of ketones is 1. The van der Waals surface area contributed by atoms with Gasteiger partial charge in [-0.15, -0.1) is 0 Å². The van der Waals surface area contributed by atoms with Gasteiger partial charge < -0.3 is 40.4 Å². The highest BCUT2D eigenvalue weighted by Crippen LogP contribution is 2.25. The molecule has 15 nitrogen and oxygen atoms in total. The number of rotatable bonds is 10. The molecule has 1 aromatic carbocycles. The number of fused-ring (bicyclic) bond motifs is 2. The second kappa shape index (κ2) is 24.7. The number of cyclic esters (lactones) is 1. The number of benzene rings is 1. The van der Waals surface area contributed by atoms with E-state index in [4.69, 9.17) is 4.74 Å². The number of phenols is 1. The normalized spacial score (nSPS) is 28.9. The summed E-state index contributed by atoms with van der Waals surface area (Å²) < 4.78 is 6.10. The number of amides is 4. The first-order valence-corrected chi connectivity index (χ1v) is 22.4. The molecule has 4 rings (SSSR count). The van der Waals surface area contributed by atoms with Crippen molar-refractivity contribution in [3.05, 3.63) is 77.9 Å². The largest absolute Gasteiger partial charge is 0.508 e. The molecule has 8 atom stereocenters. The van der Waals surface area contributed by atoms with Crippen LogP contribution < -0.4 is 16.1 Å². The number of allylic oxidation sites excluding steroid dienone is 4. The Hall–Kier alpha value is -5.12. The van der Waals surface area contributed by atoms with E-state index in [1.807, 2.05) is 7.05 Å². The van der Waals surface area contributed by atoms with Crippen LogP contribution in [0.3, 0.4) is 0 Å². The number of esters is 1. The minimum atomic E-state index is -1.42. The topological polar surface area (TPSA) is 215 Å². The Bertz CT molecular complexity index is 1870. The van der Waals surface area contributed by atoms with Gasteiger partial charge in [0.05, 0.1) is 18.1 Å². The predicted octanol–water partition coefficient (Wildman–Crippen LogP) is 4.12. The third-order valence-electron chi connectivity index (χ3n) is 12.3. The molecule has 6 N–H and O–H groups in total. The summed E-state index contributed by atoms with van der Waals surface area (Å²) in [6, 6.07) is 3.15. The highest BCUT2D eigenvalue weighted by molar-refractivity contribution is 5.93. The van der Waals surface area contributed by atoms with Crippen molar-refractivity contribution in [1.29, 1.82) is 0 Å². The zero-order valence-corrected chi connectivity index (χ0v) is 37.7. The number of aliphatic hydroxyl groups is 2. The van der Waals surface area contributed by atoms with E-state index in [9.17, 15) is 44.1 Å². The molecular weight excluding hydrogens is 807 g/mol. The molecule has 3 aliphatic rings. The van der Waals surface area contributed by atoms with E-state index in [1.165, 1.54) is 42.6 Å². The molecule has 346 valence electrons. The molecule has 15 heteroatoms. The molecule has 1 aliphatic carbocycles. The number of carbonyl (C=O) groups is 6. The lowest BCUT2D eigenvalue weighted by atomic mass is 9.84. The van der Waals surface area contributed by atoms with Crippen molar-refractivity contribution in [3.8, 4) is 5.75 Å². The van der Waals surface area contributed by atoms with E-state index in [-0.39, 0.29) is 55.7 Å². The Morgan fingerprint density at radius 3 is 2.40 bits per heavy atom. The molecule has 63 heavy (non-hydrogen) atoms. The lowest BCUT2D eigenvalue weighted by molar-refractivity contribution is -0.156. The first-order valence-electron chi connectivity index (χ1n) is 22.4. The van der Waals surface area contributed by atoms with Gasteiger partial charge in [0.15, 0.2) is 0 Å². The summed E-state index contributed by atoms with van der Waals surface area (Å²) in [6.45, 7) is 8.38. The number of nitrogens with zero attached hydrogens (tertiary/aromatic N) is 2. The molecule has 1 aromatic rings. The summed E-state index contributed by atoms with van der Waals surface area (Å²) in [7, 11) is 1.81. The van der Waals surface area contributed by atoms with E-state index < -0.39 is 77.9 Å². The molecule has 2 aliphatic heterocycles. The van der Waals surface area contributed by atoms with Crippen LogP contribution in [0.2, 0.25) is 0 Å². The molecule has 1 unspecified atom stereocenters. The number of hydrogen-bond donors (Lipinski definition) is 6. The fourth-order valence-electron chi connectivity index (χ4n) is 8.20. The first-order chi connectivity index (χ1) is 30.0. The zero-order valence-electron chi connectivity index (χ0n) is 37.7. The van der Waals surface area contributed by atoms with Crippen LogP contribution in [-0.2, 0) is 39.9 Å². The van der Waals surface area contributed by atoms with Crippen molar-refractivity contribution in [2.45, 2.75) is 148 Å². The van der Waals surface area contributed by atoms with Crippen LogP contribution in [-0.4, -0.2) is 117 Å². The Kier molecular flexibility index (Phi) is 19.8. The van der Waals surface area contributed by atoms with Gasteiger partial charge in [0.2, 0.25) is 17.7 Å². The monoisotopic (exact) mass is 876 g/mol. The van der Waals surface area contributed by atoms with Crippen LogP contribution in [0.25, 0.3) is 0 Å². The van der Waals surface area contributed by atoms with E-state index >= 15 is 0 Å². The fraction of sp³-hybridized carbons (Fsp3) is 0.583. The Morgan fingerprint density at radius 1 is 0.984 bits per heavy atom. The molecule has 1 saturated carbocycles. The highest BCUT2D eigenvalue weighted by Gasteiger charge is 2.38. The molecule has 0 radical (unpaired) electrons. The standard InChI is InChI=1S/C48H69N5O10/c1-30(2)43-46(60)49-39(29-34-17-14-20-36(55)28-34)47(61)53-27-15-21-38(51-53)48(62)63-41(31(3)16-13-24-42(57)52(6)35-18-9-7-10-19-35)23-12-8-11-22-40(56)33(5)44(58)37(45(59)50-43)26-25-32(4)54/h8,11-14,16-17,20,22,24,28,30,33,35,37-41,43-44,51,55-56,58H,7,9-10,15,18-19,21,23,25-27,29H2,1-6H3,(H,49,60)(H,50,59)/b12-8+,22-11+,24-13+,31-16+/t33-,37+,38?,39-,40-,41-,43-,44+/m0/s1. The fourth-order valence-corrected chi connectivity index (χ4v) is 8.20. The van der Waals surface area contributed by atoms with Crippen LogP contribution in [0.5, 0.6) is 5.75 Å². The van der Waals surface area contributed by atoms with E-state index in [2.05, 4.69) is 16.1 Å². The number of hydrazine groups is 1. The Morgan fingerprint density at radius 2 is 1.71 bits per heavy atom. The van der Waals surface area contributed by atoms with Gasteiger partial charge in [-0.3, -0.25) is 29.0 Å². The van der Waals surface area contributed by atoms with Gasteiger partial charge >= 0.3 is 5.97 Å². The van der Waals surface area contributed by atoms with Gasteiger partial charge in [0.25, 0.3) is 5.91 Å². The van der Waals surface area contributed by atoms with Crippen molar-refractivity contribution in [1.82, 2.24) is 26.0 Å². The number of nitrogens with one attached hydrogen (secondary N) is 3. The summed E-state index contributed by atoms with van der Waals surface area (Å²) in [5.41, 5.74) is 4.21. The third kappa shape index (κ3) is 15.3. The first kappa shape index (κ1) is 50.5. The third-order valence-corrected chi connectivity index (χ3v) is 12.3. The number of ether oxygens (including phenoxy) is 1. The minimum Gasteiger partial charge on any atom is -0.508 e. The molecular formula is C48H69N5O10. The summed E-state index contributed by atoms with van der Waals surface area (Å²) in [5.74, 6) is -5.44. The van der Waals surface area contributed by atoms with Crippen LogP contribution in [0.4, 0.5) is 0 Å². The van der Waals surface area contributed by atoms with Gasteiger partial charge in [-0.1, -0.05) is 88.6 Å². The number of aromatic hydroxyl groups is 1. The summed E-state index contributed by atoms with van der Waals surface area (Å²) in [6.07, 6.45) is 14.2. The molecule has 2 heterocycles. The molecule has 0 aromatic heterocycles. The van der Waals surface area contributed by atoms with Crippen molar-refractivity contribution in [3.63, 3.8) is 0 Å². The average molecular weight is 876 g/mol. The summed E-state index contributed by atoms with van der Waals surface area (Å²) in [5, 5.41) is 39.7. The highest BCUT2D eigenvalue weighted by atomic mass is 16.5. The molecule has 4 amide bonds. The van der Waals surface area contributed by atoms with Crippen LogP contribution in [0, 0.1) is 17.8 Å². The maximum absolute atomic E-state index is 14.4. The second-order valence-corrected chi connectivity index (χ2v) is 17.7. The van der Waals surface area contributed by atoms with Gasteiger partial charge in [-0.2, -0.15) is 0 Å². The average Bonchev–Trinajstić information content (AvgIpc) is 3.26. The van der Waals surface area contributed by atoms with Crippen molar-refractivity contribution in [2.24, 2.45) is 17.8 Å². The van der Waals surface area contributed by atoms with Gasteiger partial charge in [0, 0.05) is 50.9 Å². The number of hydrogen-bond acceptors (Lipinski definition) is 11. The number of likely N-dealkylation sites (N-methyl/N-ethyl adjacent to an activating group) is 1. The summed E-state index contributed by atoms with van der Waals surface area (Å²) >= 11 is 0. The molecule has 0 spiro atoms. The number of phenolic OH excluding ortho intramolecular Hbond substituents is 1. The lowest BCUT2D eigenvalue weighted by Crippen LogP contribution is -2.62. The minimum absolute atomic E-state index is 0.0252. The number of carbonyl (C=O) groups excluding carboxylic acids is 6. The van der Waals surface area contributed by atoms with Gasteiger partial charge in [-0.25, -0.2) is 5.43 Å². The van der Waals surface area contributed by atoms with E-state index in [0.717, 1.165) is 25.7 Å². The molecule has 2 bridgehead atoms. The number of aliphatic hydroxyl groups excluding tert-OH is 2. The maximum atomic E-state index is 14.4. The van der Waals surface area contributed by atoms with Crippen LogP contribution >= 0.6 is 0 Å². The smallest absolute Gasteiger partial charge is 0.325 e. The zero-order chi connectivity index (χ0) is 46.2. The lowest BCUT2D eigenvalue weighted by Gasteiger charge is -2.36. The second-order valence-electron chi connectivity index (χ2n) is 17.7. The Labute approximate surface area is 372 Å². The predicted molar refractivity (Wildman–Crippen MR) is 238 cm³/mol. The maximum Gasteiger partial charge on any atom is 0.325 e. The van der Waals surface area contributed by atoms with Gasteiger partial charge in [-0.05, 0) is 75.1 Å². The van der Waals surface area contributed by atoms with E-state index in [0.29, 0.717) is 24.0 Å². The van der Waals surface area contributed by atoms with Crippen LogP contribution in [0.1, 0.15) is 104 Å². The van der Waals surface area contributed by atoms with Crippen LogP contribution in [0.15, 0.2) is 72.4 Å². The summed E-state index contributed by atoms with van der Waals surface area (Å²) in [4.78, 5) is 83.2. The van der Waals surface area contributed by atoms with Crippen molar-refractivity contribution < 1.29 is 48.8 Å². The SMILES string of the molecule is CC(=O)CC[C@H]1C(=O)N[C@@H](C(C)C)C(=O)N[C@@H](Cc2cccc(O)c2)C(=O)N2CCCC(N2)C(=O)O[C@H](/C(C)=C/C=C/C(=O)N(C)C2CCCCC2)C/C=C/C=C/[C@H](O)[C@H](C)[C@H]1O. The van der Waals surface area contributed by atoms with E-state index in [1.54, 1.807) is 75.1 Å². The van der Waals surface area contributed by atoms with Gasteiger partial charge in [0.1, 0.15) is 35.8 Å². The van der Waals surface area contributed by atoms with Crippen molar-refractivity contribution >= 4 is 35.4 Å². The quantitative estimate of drug-likeness (QED) is 0.112.